The van der Waals surface area contributed by atoms with Crippen molar-refractivity contribution in [2.45, 2.75) is 32.7 Å². The van der Waals surface area contributed by atoms with Crippen LogP contribution in [0.2, 0.25) is 0 Å². The fourth-order valence-electron chi connectivity index (χ4n) is 1.29. The van der Waals surface area contributed by atoms with E-state index in [9.17, 15) is 9.59 Å². The van der Waals surface area contributed by atoms with Crippen LogP contribution >= 0.6 is 0 Å². The minimum absolute atomic E-state index is 0.00361. The van der Waals surface area contributed by atoms with Crippen LogP contribution in [0.25, 0.3) is 0 Å². The molecule has 0 atom stereocenters. The molecule has 0 amide bonds. The Labute approximate surface area is 72.7 Å². The summed E-state index contributed by atoms with van der Waals surface area (Å²) in [7, 11) is 0. The molecule has 1 heterocycles. The summed E-state index contributed by atoms with van der Waals surface area (Å²) in [4.78, 5) is 24.0. The zero-order chi connectivity index (χ0) is 9.35. The molecule has 0 aromatic rings. The van der Waals surface area contributed by atoms with Crippen molar-refractivity contribution in [3.05, 3.63) is 0 Å². The third-order valence-corrected chi connectivity index (χ3v) is 2.20. The number of carbonyl (C=O) groups excluding carboxylic acids is 2. The molecule has 1 aliphatic heterocycles. The molecule has 0 unspecified atom stereocenters. The Morgan fingerprint density at radius 3 is 2.17 bits per heavy atom. The van der Waals surface area contributed by atoms with Gasteiger partial charge in [-0.1, -0.05) is 0 Å². The lowest BCUT2D eigenvalue weighted by Crippen LogP contribution is -2.50. The summed E-state index contributed by atoms with van der Waals surface area (Å²) in [5.74, 6) is -0.452. The van der Waals surface area contributed by atoms with Gasteiger partial charge in [0.2, 0.25) is 11.6 Å². The van der Waals surface area contributed by atoms with E-state index in [1.54, 1.807) is 0 Å². The molecule has 0 aromatic carbocycles. The molecule has 3 nitrogen and oxygen atoms in total. The first-order valence-electron chi connectivity index (χ1n) is 4.22. The van der Waals surface area contributed by atoms with E-state index in [0.717, 1.165) is 0 Å². The van der Waals surface area contributed by atoms with Gasteiger partial charge in [-0.3, -0.25) is 14.5 Å². The second-order valence-electron chi connectivity index (χ2n) is 4.19. The summed E-state index contributed by atoms with van der Waals surface area (Å²) in [6, 6.07) is 0. The smallest absolute Gasteiger partial charge is 0.212 e. The summed E-state index contributed by atoms with van der Waals surface area (Å²) < 4.78 is 0. The van der Waals surface area contributed by atoms with Gasteiger partial charge in [-0.2, -0.15) is 0 Å². The lowest BCUT2D eigenvalue weighted by molar-refractivity contribution is -0.141. The van der Waals surface area contributed by atoms with Crippen LogP contribution in [0, 0.1) is 0 Å². The van der Waals surface area contributed by atoms with Crippen molar-refractivity contribution in [1.29, 1.82) is 0 Å². The molecule has 1 saturated heterocycles. The van der Waals surface area contributed by atoms with Gasteiger partial charge in [-0.25, -0.2) is 0 Å². The largest absolute Gasteiger partial charge is 0.291 e. The summed E-state index contributed by atoms with van der Waals surface area (Å²) in [6.07, 6.45) is 0.385. The van der Waals surface area contributed by atoms with Gasteiger partial charge in [0.15, 0.2) is 0 Å². The number of likely N-dealkylation sites (tertiary alicyclic amines) is 1. The average Bonchev–Trinajstić information content (AvgIpc) is 1.92. The molecule has 1 aliphatic rings. The van der Waals surface area contributed by atoms with E-state index >= 15 is 0 Å². The minimum atomic E-state index is -0.240. The Morgan fingerprint density at radius 2 is 1.75 bits per heavy atom. The van der Waals surface area contributed by atoms with E-state index < -0.39 is 0 Å². The highest BCUT2D eigenvalue weighted by Crippen LogP contribution is 2.16. The van der Waals surface area contributed by atoms with Gasteiger partial charge in [0, 0.05) is 18.5 Å². The van der Waals surface area contributed by atoms with Crippen molar-refractivity contribution in [3.8, 4) is 0 Å². The maximum Gasteiger partial charge on any atom is 0.212 e. The Kier molecular flexibility index (Phi) is 2.33. The van der Waals surface area contributed by atoms with Crippen LogP contribution in [0.1, 0.15) is 27.2 Å². The highest BCUT2D eigenvalue weighted by molar-refractivity contribution is 6.38. The number of Topliss-reactive ketones (excluding diaryl/α,β-unsaturated/α-hetero) is 2. The first-order valence-corrected chi connectivity index (χ1v) is 4.22. The first kappa shape index (κ1) is 9.39. The van der Waals surface area contributed by atoms with Gasteiger partial charge in [0.1, 0.15) is 0 Å². The van der Waals surface area contributed by atoms with Crippen LogP contribution in [0.3, 0.4) is 0 Å². The lowest BCUT2D eigenvalue weighted by Gasteiger charge is -2.36. The van der Waals surface area contributed by atoms with Crippen LogP contribution in [0.15, 0.2) is 0 Å². The Bertz CT molecular complexity index is 215. The van der Waals surface area contributed by atoms with Gasteiger partial charge in [-0.15, -0.1) is 0 Å². The maximum atomic E-state index is 11.1. The second-order valence-corrected chi connectivity index (χ2v) is 4.19. The van der Waals surface area contributed by atoms with E-state index in [1.807, 2.05) is 4.90 Å². The predicted molar refractivity (Wildman–Crippen MR) is 46.0 cm³/mol. The third-order valence-electron chi connectivity index (χ3n) is 2.20. The second kappa shape index (κ2) is 2.98. The molecule has 68 valence electrons. The molecular weight excluding hydrogens is 154 g/mol. The quantitative estimate of drug-likeness (QED) is 0.499. The summed E-state index contributed by atoms with van der Waals surface area (Å²) in [6.45, 7) is 7.17. The fourth-order valence-corrected chi connectivity index (χ4v) is 1.29. The molecule has 0 N–H and O–H groups in total. The van der Waals surface area contributed by atoms with E-state index in [4.69, 9.17) is 0 Å². The highest BCUT2D eigenvalue weighted by atomic mass is 16.2. The Balaban J connectivity index is 2.63. The first-order chi connectivity index (χ1) is 5.41. The topological polar surface area (TPSA) is 37.4 Å². The molecule has 1 rings (SSSR count). The van der Waals surface area contributed by atoms with Gasteiger partial charge >= 0.3 is 0 Å². The summed E-state index contributed by atoms with van der Waals surface area (Å²) in [5.41, 5.74) is -0.00361. The molecule has 0 saturated carbocycles. The predicted octanol–water partition coefficient (Wildman–Crippen LogP) is 0.629. The Hall–Kier alpha value is -0.700. The van der Waals surface area contributed by atoms with Crippen molar-refractivity contribution < 1.29 is 9.59 Å². The third kappa shape index (κ3) is 1.91. The van der Waals surface area contributed by atoms with Crippen molar-refractivity contribution in [3.63, 3.8) is 0 Å². The molecular formula is C9H15NO2. The number of ketones is 2. The van der Waals surface area contributed by atoms with Gasteiger partial charge in [0.05, 0.1) is 6.54 Å². The molecule has 0 radical (unpaired) electrons. The fraction of sp³-hybridized carbons (Fsp3) is 0.778. The number of nitrogens with zero attached hydrogens (tertiary/aromatic N) is 1. The van der Waals surface area contributed by atoms with E-state index in [2.05, 4.69) is 20.8 Å². The number of hydrogen-bond donors (Lipinski definition) is 0. The Morgan fingerprint density at radius 1 is 1.17 bits per heavy atom. The SMILES string of the molecule is CC(C)(C)N1CCC(=O)C(=O)C1. The van der Waals surface area contributed by atoms with E-state index in [-0.39, 0.29) is 17.1 Å². The number of piperidine rings is 1. The molecule has 0 aromatic heterocycles. The number of hydrogen-bond acceptors (Lipinski definition) is 3. The van der Waals surface area contributed by atoms with Crippen LogP contribution in [-0.4, -0.2) is 35.1 Å². The van der Waals surface area contributed by atoms with Crippen LogP contribution in [0.4, 0.5) is 0 Å². The standard InChI is InChI=1S/C9H15NO2/c1-9(2,3)10-5-4-7(11)8(12)6-10/h4-6H2,1-3H3. The minimum Gasteiger partial charge on any atom is -0.291 e. The van der Waals surface area contributed by atoms with Gasteiger partial charge in [0.25, 0.3) is 0 Å². The van der Waals surface area contributed by atoms with Crippen LogP contribution in [-0.2, 0) is 9.59 Å². The van der Waals surface area contributed by atoms with E-state index in [1.165, 1.54) is 0 Å². The lowest BCUT2D eigenvalue weighted by atomic mass is 10.00. The summed E-state index contributed by atoms with van der Waals surface area (Å²) in [5, 5.41) is 0. The zero-order valence-electron chi connectivity index (χ0n) is 7.89. The van der Waals surface area contributed by atoms with E-state index in [0.29, 0.717) is 19.5 Å². The molecule has 0 bridgehead atoms. The molecule has 12 heavy (non-hydrogen) atoms. The average molecular weight is 169 g/mol. The van der Waals surface area contributed by atoms with Crippen molar-refractivity contribution >= 4 is 11.6 Å². The van der Waals surface area contributed by atoms with Crippen LogP contribution in [0.5, 0.6) is 0 Å². The number of carbonyl (C=O) groups is 2. The zero-order valence-corrected chi connectivity index (χ0v) is 7.89. The maximum absolute atomic E-state index is 11.1. The highest BCUT2D eigenvalue weighted by Gasteiger charge is 2.30. The van der Waals surface area contributed by atoms with Gasteiger partial charge in [-0.05, 0) is 20.8 Å². The van der Waals surface area contributed by atoms with Gasteiger partial charge < -0.3 is 0 Å². The van der Waals surface area contributed by atoms with Crippen molar-refractivity contribution in [2.75, 3.05) is 13.1 Å². The molecule has 1 fully saturated rings. The van der Waals surface area contributed by atoms with Crippen molar-refractivity contribution in [1.82, 2.24) is 4.90 Å². The van der Waals surface area contributed by atoms with Crippen LogP contribution < -0.4 is 0 Å². The van der Waals surface area contributed by atoms with Crippen molar-refractivity contribution in [2.24, 2.45) is 0 Å². The molecule has 0 aliphatic carbocycles. The molecule has 3 heteroatoms. The number of rotatable bonds is 0. The summed E-state index contributed by atoms with van der Waals surface area (Å²) >= 11 is 0. The molecule has 0 spiro atoms. The monoisotopic (exact) mass is 169 g/mol. The normalized spacial score (nSPS) is 21.6.